The Morgan fingerprint density at radius 1 is 1.15 bits per heavy atom. The van der Waals surface area contributed by atoms with Crippen LogP contribution < -0.4 is 5.32 Å². The lowest BCUT2D eigenvalue weighted by Gasteiger charge is -1.99. The van der Waals surface area contributed by atoms with Crippen molar-refractivity contribution in [1.29, 1.82) is 0 Å². The lowest BCUT2D eigenvalue weighted by Crippen LogP contribution is -2.23. The number of carbonyl (C=O) groups is 2. The second kappa shape index (κ2) is 2.85. The molecule has 1 aliphatic rings. The molecule has 1 aromatic rings. The predicted molar refractivity (Wildman–Crippen MR) is 49.7 cm³/mol. The number of rotatable bonds is 1. The van der Waals surface area contributed by atoms with Crippen molar-refractivity contribution < 1.29 is 9.59 Å². The van der Waals surface area contributed by atoms with Crippen LogP contribution >= 0.6 is 15.9 Å². The number of hydrogen-bond acceptors (Lipinski definition) is 2. The standard InChI is InChI=1S/C8H5BrN2O2/c9-5-6(8(13)10-7(5)12)11-3-1-2-4-11/h1-4H,(H,10,12,13). The number of nitrogens with one attached hydrogen (secondary N) is 1. The van der Waals surface area contributed by atoms with E-state index in [4.69, 9.17) is 0 Å². The highest BCUT2D eigenvalue weighted by Crippen LogP contribution is 2.22. The average Bonchev–Trinajstić information content (AvgIpc) is 2.63. The van der Waals surface area contributed by atoms with E-state index >= 15 is 0 Å². The van der Waals surface area contributed by atoms with Gasteiger partial charge in [0.1, 0.15) is 10.2 Å². The minimum Gasteiger partial charge on any atom is -0.318 e. The maximum atomic E-state index is 11.3. The molecule has 0 unspecified atom stereocenters. The first kappa shape index (κ1) is 8.25. The van der Waals surface area contributed by atoms with Gasteiger partial charge in [0.15, 0.2) is 0 Å². The van der Waals surface area contributed by atoms with E-state index in [1.165, 1.54) is 0 Å². The van der Waals surface area contributed by atoms with Crippen LogP contribution in [0.5, 0.6) is 0 Å². The highest BCUT2D eigenvalue weighted by Gasteiger charge is 2.29. The van der Waals surface area contributed by atoms with Crippen LogP contribution in [-0.4, -0.2) is 16.4 Å². The second-order valence-electron chi connectivity index (χ2n) is 2.54. The summed E-state index contributed by atoms with van der Waals surface area (Å²) < 4.78 is 1.86. The van der Waals surface area contributed by atoms with Gasteiger partial charge in [-0.05, 0) is 28.1 Å². The summed E-state index contributed by atoms with van der Waals surface area (Å²) >= 11 is 3.06. The maximum Gasteiger partial charge on any atom is 0.276 e. The first-order chi connectivity index (χ1) is 6.20. The number of halogens is 1. The number of amides is 2. The van der Waals surface area contributed by atoms with E-state index in [9.17, 15) is 9.59 Å². The molecule has 4 nitrogen and oxygen atoms in total. The monoisotopic (exact) mass is 240 g/mol. The van der Waals surface area contributed by atoms with Crippen LogP contribution in [0.15, 0.2) is 29.0 Å². The molecule has 0 bridgehead atoms. The predicted octanol–water partition coefficient (Wildman–Crippen LogP) is 0.708. The second-order valence-corrected chi connectivity index (χ2v) is 3.33. The fourth-order valence-corrected chi connectivity index (χ4v) is 1.62. The summed E-state index contributed by atoms with van der Waals surface area (Å²) in [6.07, 6.45) is 3.41. The molecule has 0 aliphatic carbocycles. The van der Waals surface area contributed by atoms with Gasteiger partial charge < -0.3 is 4.57 Å². The minimum atomic E-state index is -0.395. The van der Waals surface area contributed by atoms with E-state index in [1.807, 2.05) is 0 Å². The molecule has 0 atom stereocenters. The molecule has 1 N–H and O–H groups in total. The van der Waals surface area contributed by atoms with Crippen LogP contribution in [0.3, 0.4) is 0 Å². The summed E-state index contributed by atoms with van der Waals surface area (Å²) in [6, 6.07) is 3.56. The minimum absolute atomic E-state index is 0.272. The smallest absolute Gasteiger partial charge is 0.276 e. The fraction of sp³-hybridized carbons (Fsp3) is 0. The maximum absolute atomic E-state index is 11.3. The third kappa shape index (κ3) is 1.21. The molecular weight excluding hydrogens is 236 g/mol. The van der Waals surface area contributed by atoms with Gasteiger partial charge in [-0.25, -0.2) is 0 Å². The van der Waals surface area contributed by atoms with Crippen molar-refractivity contribution in [2.24, 2.45) is 0 Å². The molecule has 0 spiro atoms. The van der Waals surface area contributed by atoms with E-state index in [0.29, 0.717) is 5.70 Å². The zero-order valence-electron chi connectivity index (χ0n) is 6.45. The topological polar surface area (TPSA) is 51.1 Å². The molecular formula is C8H5BrN2O2. The summed E-state index contributed by atoms with van der Waals surface area (Å²) in [5.41, 5.74) is 0.329. The lowest BCUT2D eigenvalue weighted by atomic mass is 10.4. The van der Waals surface area contributed by atoms with Gasteiger partial charge in [0, 0.05) is 12.4 Å². The molecule has 0 radical (unpaired) electrons. The molecule has 2 rings (SSSR count). The van der Waals surface area contributed by atoms with Crippen LogP contribution in [-0.2, 0) is 9.59 Å². The van der Waals surface area contributed by atoms with Crippen molar-refractivity contribution in [2.45, 2.75) is 0 Å². The van der Waals surface area contributed by atoms with Gasteiger partial charge in [-0.3, -0.25) is 14.9 Å². The van der Waals surface area contributed by atoms with E-state index < -0.39 is 5.91 Å². The number of carbonyl (C=O) groups excluding carboxylic acids is 2. The number of aromatic nitrogens is 1. The third-order valence-corrected chi connectivity index (χ3v) is 2.45. The zero-order chi connectivity index (χ0) is 9.42. The van der Waals surface area contributed by atoms with Crippen molar-refractivity contribution >= 4 is 33.4 Å². The summed E-state index contributed by atoms with van der Waals surface area (Å²) in [5.74, 6) is -0.776. The van der Waals surface area contributed by atoms with E-state index in [0.717, 1.165) is 0 Å². The molecule has 5 heteroatoms. The molecule has 0 saturated heterocycles. The summed E-state index contributed by atoms with van der Waals surface area (Å²) in [6.45, 7) is 0. The highest BCUT2D eigenvalue weighted by molar-refractivity contribution is 9.12. The Balaban J connectivity index is 2.54. The first-order valence-electron chi connectivity index (χ1n) is 3.59. The quantitative estimate of drug-likeness (QED) is 0.736. The van der Waals surface area contributed by atoms with Crippen molar-refractivity contribution in [2.75, 3.05) is 0 Å². The van der Waals surface area contributed by atoms with E-state index in [-0.39, 0.29) is 10.4 Å². The Hall–Kier alpha value is -1.36. The first-order valence-corrected chi connectivity index (χ1v) is 4.38. The van der Waals surface area contributed by atoms with Gasteiger partial charge >= 0.3 is 0 Å². The molecule has 0 aromatic carbocycles. The van der Waals surface area contributed by atoms with Gasteiger partial charge in [0.2, 0.25) is 0 Å². The number of imide groups is 1. The highest BCUT2D eigenvalue weighted by atomic mass is 79.9. The van der Waals surface area contributed by atoms with Gasteiger partial charge in [-0.2, -0.15) is 0 Å². The Kier molecular flexibility index (Phi) is 1.81. The average molecular weight is 241 g/mol. The molecule has 66 valence electrons. The fourth-order valence-electron chi connectivity index (χ4n) is 1.14. The van der Waals surface area contributed by atoms with E-state index in [2.05, 4.69) is 21.2 Å². The molecule has 13 heavy (non-hydrogen) atoms. The Labute approximate surface area is 82.4 Å². The molecule has 1 aliphatic heterocycles. The third-order valence-electron chi connectivity index (χ3n) is 1.71. The van der Waals surface area contributed by atoms with E-state index in [1.54, 1.807) is 29.1 Å². The molecule has 2 heterocycles. The molecule has 0 saturated carbocycles. The number of hydrogen-bond donors (Lipinski definition) is 1. The van der Waals surface area contributed by atoms with Crippen molar-refractivity contribution in [1.82, 2.24) is 9.88 Å². The number of nitrogens with zero attached hydrogens (tertiary/aromatic N) is 1. The van der Waals surface area contributed by atoms with Crippen LogP contribution in [0.25, 0.3) is 5.70 Å². The Morgan fingerprint density at radius 2 is 1.77 bits per heavy atom. The summed E-state index contributed by atoms with van der Waals surface area (Å²) in [4.78, 5) is 22.3. The van der Waals surface area contributed by atoms with Crippen LogP contribution in [0.2, 0.25) is 0 Å². The van der Waals surface area contributed by atoms with Gasteiger partial charge in [-0.15, -0.1) is 0 Å². The SMILES string of the molecule is O=C1NC(=O)C(n2cccc2)=C1Br. The normalized spacial score (nSPS) is 16.7. The van der Waals surface area contributed by atoms with Gasteiger partial charge in [0.25, 0.3) is 11.8 Å². The largest absolute Gasteiger partial charge is 0.318 e. The molecule has 1 aromatic heterocycles. The van der Waals surface area contributed by atoms with Gasteiger partial charge in [0.05, 0.1) is 0 Å². The van der Waals surface area contributed by atoms with Gasteiger partial charge in [-0.1, -0.05) is 0 Å². The Morgan fingerprint density at radius 3 is 2.23 bits per heavy atom. The van der Waals surface area contributed by atoms with Crippen molar-refractivity contribution in [3.05, 3.63) is 29.0 Å². The molecule has 0 fully saturated rings. The van der Waals surface area contributed by atoms with Crippen LogP contribution in [0.4, 0.5) is 0 Å². The van der Waals surface area contributed by atoms with Crippen LogP contribution in [0.1, 0.15) is 0 Å². The summed E-state index contributed by atoms with van der Waals surface area (Å²) in [7, 11) is 0. The lowest BCUT2D eigenvalue weighted by molar-refractivity contribution is -0.123. The van der Waals surface area contributed by atoms with Crippen molar-refractivity contribution in [3.8, 4) is 0 Å². The van der Waals surface area contributed by atoms with Crippen molar-refractivity contribution in [3.63, 3.8) is 0 Å². The summed E-state index contributed by atoms with van der Waals surface area (Å²) in [5, 5.41) is 2.19. The molecule has 2 amide bonds. The zero-order valence-corrected chi connectivity index (χ0v) is 8.04. The van der Waals surface area contributed by atoms with Crippen LogP contribution in [0, 0.1) is 0 Å². The Bertz CT molecular complexity index is 406.